The molecule has 0 bridgehead atoms. The van der Waals surface area contributed by atoms with Gasteiger partial charge in [-0.3, -0.25) is 9.59 Å². The molecular weight excluding hydrogens is 256 g/mol. The topological polar surface area (TPSA) is 52.6 Å². The van der Waals surface area contributed by atoms with Gasteiger partial charge in [0.05, 0.1) is 6.61 Å². The van der Waals surface area contributed by atoms with Crippen LogP contribution in [0.1, 0.15) is 43.7 Å². The summed E-state index contributed by atoms with van der Waals surface area (Å²) in [6.45, 7) is 6.10. The van der Waals surface area contributed by atoms with Crippen molar-refractivity contribution in [3.05, 3.63) is 29.3 Å². The molecule has 110 valence electrons. The maximum atomic E-state index is 11.7. The highest BCUT2D eigenvalue weighted by Gasteiger charge is 2.07. The molecule has 1 aromatic rings. The number of hydrogen-bond donors (Lipinski definition) is 0. The SMILES string of the molecule is CCOC(=O)CCCCC(=O)Oc1cc(C)cc(C)c1. The standard InChI is InChI=1S/C16H22O4/c1-4-19-15(17)7-5-6-8-16(18)20-14-10-12(2)9-13(3)11-14/h9-11H,4-8H2,1-3H3. The van der Waals surface area contributed by atoms with Gasteiger partial charge in [0.1, 0.15) is 5.75 Å². The Kier molecular flexibility index (Phi) is 6.77. The zero-order valence-electron chi connectivity index (χ0n) is 12.4. The van der Waals surface area contributed by atoms with Crippen molar-refractivity contribution in [2.24, 2.45) is 0 Å². The van der Waals surface area contributed by atoms with Gasteiger partial charge < -0.3 is 9.47 Å². The molecule has 1 rings (SSSR count). The molecule has 0 unspecified atom stereocenters. The monoisotopic (exact) mass is 278 g/mol. The van der Waals surface area contributed by atoms with Crippen LogP contribution < -0.4 is 4.74 Å². The maximum Gasteiger partial charge on any atom is 0.311 e. The Labute approximate surface area is 120 Å². The van der Waals surface area contributed by atoms with Gasteiger partial charge in [-0.25, -0.2) is 0 Å². The molecule has 0 saturated heterocycles. The molecule has 0 spiro atoms. The van der Waals surface area contributed by atoms with Crippen molar-refractivity contribution in [2.45, 2.75) is 46.5 Å². The Hall–Kier alpha value is -1.84. The van der Waals surface area contributed by atoms with Gasteiger partial charge in [-0.15, -0.1) is 0 Å². The smallest absolute Gasteiger partial charge is 0.311 e. The Morgan fingerprint density at radius 2 is 1.50 bits per heavy atom. The number of unbranched alkanes of at least 4 members (excludes halogenated alkanes) is 1. The summed E-state index contributed by atoms with van der Waals surface area (Å²) in [6, 6.07) is 5.70. The highest BCUT2D eigenvalue weighted by molar-refractivity contribution is 5.72. The van der Waals surface area contributed by atoms with E-state index in [1.54, 1.807) is 6.92 Å². The molecule has 0 amide bonds. The van der Waals surface area contributed by atoms with Crippen molar-refractivity contribution < 1.29 is 19.1 Å². The lowest BCUT2D eigenvalue weighted by Crippen LogP contribution is -2.09. The number of carbonyl (C=O) groups is 2. The lowest BCUT2D eigenvalue weighted by Gasteiger charge is -2.06. The first-order valence-corrected chi connectivity index (χ1v) is 6.96. The average molecular weight is 278 g/mol. The molecule has 0 radical (unpaired) electrons. The third-order valence-corrected chi connectivity index (χ3v) is 2.74. The first kappa shape index (κ1) is 16.2. The van der Waals surface area contributed by atoms with Gasteiger partial charge in [0.25, 0.3) is 0 Å². The second kappa shape index (κ2) is 8.35. The number of benzene rings is 1. The first-order chi connectivity index (χ1) is 9.51. The van der Waals surface area contributed by atoms with Crippen LogP contribution in [0, 0.1) is 13.8 Å². The van der Waals surface area contributed by atoms with E-state index in [9.17, 15) is 9.59 Å². The Bertz CT molecular complexity index is 445. The fourth-order valence-electron chi connectivity index (χ4n) is 1.95. The molecule has 20 heavy (non-hydrogen) atoms. The van der Waals surface area contributed by atoms with Crippen LogP contribution in [0.5, 0.6) is 5.75 Å². The molecule has 4 nitrogen and oxygen atoms in total. The van der Waals surface area contributed by atoms with Crippen molar-refractivity contribution in [2.75, 3.05) is 6.61 Å². The fraction of sp³-hybridized carbons (Fsp3) is 0.500. The zero-order chi connectivity index (χ0) is 15.0. The van der Waals surface area contributed by atoms with Crippen molar-refractivity contribution in [3.8, 4) is 5.75 Å². The summed E-state index contributed by atoms with van der Waals surface area (Å²) < 4.78 is 10.1. The van der Waals surface area contributed by atoms with Gasteiger partial charge in [0.2, 0.25) is 0 Å². The summed E-state index contributed by atoms with van der Waals surface area (Å²) in [6.07, 6.45) is 1.93. The summed E-state index contributed by atoms with van der Waals surface area (Å²) in [7, 11) is 0. The molecule has 4 heteroatoms. The number of esters is 2. The summed E-state index contributed by atoms with van der Waals surface area (Å²) in [4.78, 5) is 22.8. The number of ether oxygens (including phenoxy) is 2. The van der Waals surface area contributed by atoms with Crippen LogP contribution in [0.4, 0.5) is 0 Å². The third-order valence-electron chi connectivity index (χ3n) is 2.74. The van der Waals surface area contributed by atoms with Crippen molar-refractivity contribution >= 4 is 11.9 Å². The Morgan fingerprint density at radius 3 is 2.05 bits per heavy atom. The lowest BCUT2D eigenvalue weighted by atomic mass is 10.1. The number of aryl methyl sites for hydroxylation is 2. The Morgan fingerprint density at radius 1 is 0.950 bits per heavy atom. The quantitative estimate of drug-likeness (QED) is 0.436. The first-order valence-electron chi connectivity index (χ1n) is 6.96. The lowest BCUT2D eigenvalue weighted by molar-refractivity contribution is -0.143. The molecule has 0 heterocycles. The van der Waals surface area contributed by atoms with E-state index in [0.29, 0.717) is 38.0 Å². The average Bonchev–Trinajstić information content (AvgIpc) is 2.33. The van der Waals surface area contributed by atoms with E-state index in [2.05, 4.69) is 0 Å². The van der Waals surface area contributed by atoms with E-state index < -0.39 is 0 Å². The van der Waals surface area contributed by atoms with Crippen molar-refractivity contribution in [1.29, 1.82) is 0 Å². The van der Waals surface area contributed by atoms with Crippen LogP contribution >= 0.6 is 0 Å². The van der Waals surface area contributed by atoms with Crippen LogP contribution in [-0.4, -0.2) is 18.5 Å². The van der Waals surface area contributed by atoms with E-state index in [-0.39, 0.29) is 11.9 Å². The third kappa shape index (κ3) is 6.36. The summed E-state index contributed by atoms with van der Waals surface area (Å²) in [5.41, 5.74) is 2.13. The van der Waals surface area contributed by atoms with E-state index in [4.69, 9.17) is 9.47 Å². The molecule has 0 aliphatic carbocycles. The van der Waals surface area contributed by atoms with E-state index in [0.717, 1.165) is 11.1 Å². The molecule has 0 aliphatic rings. The van der Waals surface area contributed by atoms with E-state index in [1.165, 1.54) is 0 Å². The van der Waals surface area contributed by atoms with Gasteiger partial charge in [0.15, 0.2) is 0 Å². The molecule has 0 fully saturated rings. The highest BCUT2D eigenvalue weighted by Crippen LogP contribution is 2.17. The van der Waals surface area contributed by atoms with Gasteiger partial charge in [-0.1, -0.05) is 6.07 Å². The number of carbonyl (C=O) groups excluding carboxylic acids is 2. The molecule has 0 N–H and O–H groups in total. The van der Waals surface area contributed by atoms with Crippen LogP contribution in [0.15, 0.2) is 18.2 Å². The van der Waals surface area contributed by atoms with Crippen LogP contribution in [0.3, 0.4) is 0 Å². The van der Waals surface area contributed by atoms with Gasteiger partial charge in [-0.05, 0) is 56.9 Å². The minimum absolute atomic E-state index is 0.213. The molecule has 0 atom stereocenters. The number of rotatable bonds is 7. The maximum absolute atomic E-state index is 11.7. The van der Waals surface area contributed by atoms with E-state index >= 15 is 0 Å². The molecule has 0 saturated carbocycles. The van der Waals surface area contributed by atoms with Gasteiger partial charge in [0, 0.05) is 12.8 Å². The fourth-order valence-corrected chi connectivity index (χ4v) is 1.95. The van der Waals surface area contributed by atoms with E-state index in [1.807, 2.05) is 32.0 Å². The normalized spacial score (nSPS) is 10.2. The van der Waals surface area contributed by atoms with Crippen LogP contribution in [0.2, 0.25) is 0 Å². The predicted octanol–water partition coefficient (Wildman–Crippen LogP) is 3.33. The largest absolute Gasteiger partial charge is 0.466 e. The second-order valence-electron chi connectivity index (χ2n) is 4.81. The van der Waals surface area contributed by atoms with Crippen molar-refractivity contribution in [3.63, 3.8) is 0 Å². The predicted molar refractivity (Wildman–Crippen MR) is 76.7 cm³/mol. The molecule has 0 aliphatic heterocycles. The van der Waals surface area contributed by atoms with Crippen LogP contribution in [-0.2, 0) is 14.3 Å². The second-order valence-corrected chi connectivity index (χ2v) is 4.81. The number of hydrogen-bond acceptors (Lipinski definition) is 4. The van der Waals surface area contributed by atoms with Gasteiger partial charge >= 0.3 is 11.9 Å². The minimum Gasteiger partial charge on any atom is -0.466 e. The summed E-state index contributed by atoms with van der Waals surface area (Å²) in [5.74, 6) is 0.104. The van der Waals surface area contributed by atoms with Crippen LogP contribution in [0.25, 0.3) is 0 Å². The van der Waals surface area contributed by atoms with Gasteiger partial charge in [-0.2, -0.15) is 0 Å². The highest BCUT2D eigenvalue weighted by atomic mass is 16.5. The summed E-state index contributed by atoms with van der Waals surface area (Å²) >= 11 is 0. The summed E-state index contributed by atoms with van der Waals surface area (Å²) in [5, 5.41) is 0. The zero-order valence-corrected chi connectivity index (χ0v) is 12.4. The molecule has 1 aromatic carbocycles. The minimum atomic E-state index is -0.265. The Balaban J connectivity index is 2.28. The molecule has 0 aromatic heterocycles. The molecular formula is C16H22O4. The van der Waals surface area contributed by atoms with Crippen molar-refractivity contribution in [1.82, 2.24) is 0 Å².